The SMILES string of the molecule is CC1(c2ccc(Cl)cc2Cl)NC(=O)N(CC(=O)Nc2ccc3c(c2)CCC3)C1=O. The lowest BCUT2D eigenvalue weighted by Crippen LogP contribution is -2.42. The van der Waals surface area contributed by atoms with Crippen LogP contribution in [0.4, 0.5) is 10.5 Å². The van der Waals surface area contributed by atoms with Gasteiger partial charge in [0, 0.05) is 21.3 Å². The van der Waals surface area contributed by atoms with E-state index in [1.807, 2.05) is 18.2 Å². The summed E-state index contributed by atoms with van der Waals surface area (Å²) in [6.07, 6.45) is 3.16. The van der Waals surface area contributed by atoms with Crippen molar-refractivity contribution in [2.45, 2.75) is 31.7 Å². The summed E-state index contributed by atoms with van der Waals surface area (Å²) >= 11 is 12.2. The smallest absolute Gasteiger partial charge is 0.325 e. The van der Waals surface area contributed by atoms with Gasteiger partial charge in [-0.2, -0.15) is 0 Å². The Bertz CT molecular complexity index is 1040. The van der Waals surface area contributed by atoms with Gasteiger partial charge in [0.05, 0.1) is 0 Å². The molecule has 6 nitrogen and oxygen atoms in total. The molecule has 0 radical (unpaired) electrons. The Hall–Kier alpha value is -2.57. The standard InChI is InChI=1S/C21H19Cl2N3O3/c1-21(16-8-6-14(22)10-17(16)23)19(28)26(20(29)25-21)11-18(27)24-15-7-5-12-3-2-4-13(12)9-15/h5-10H,2-4,11H2,1H3,(H,24,27)(H,25,29). The van der Waals surface area contributed by atoms with Gasteiger partial charge in [0.1, 0.15) is 12.1 Å². The average molecular weight is 432 g/mol. The lowest BCUT2D eigenvalue weighted by atomic mass is 9.92. The predicted octanol–water partition coefficient (Wildman–Crippen LogP) is 3.89. The van der Waals surface area contributed by atoms with Crippen LogP contribution in [0.1, 0.15) is 30.0 Å². The fourth-order valence-corrected chi connectivity index (χ4v) is 4.51. The first-order valence-corrected chi connectivity index (χ1v) is 10.0. The molecule has 1 unspecified atom stereocenters. The Morgan fingerprint density at radius 2 is 1.90 bits per heavy atom. The zero-order valence-corrected chi connectivity index (χ0v) is 17.2. The molecule has 1 fully saturated rings. The second kappa shape index (κ2) is 7.35. The van der Waals surface area contributed by atoms with Gasteiger partial charge < -0.3 is 10.6 Å². The van der Waals surface area contributed by atoms with Crippen LogP contribution in [0.2, 0.25) is 10.0 Å². The van der Waals surface area contributed by atoms with Crippen molar-refractivity contribution in [3.05, 3.63) is 63.1 Å². The number of hydrogen-bond acceptors (Lipinski definition) is 3. The van der Waals surface area contributed by atoms with Gasteiger partial charge in [0.2, 0.25) is 5.91 Å². The summed E-state index contributed by atoms with van der Waals surface area (Å²) in [7, 11) is 0. The maximum atomic E-state index is 13.0. The van der Waals surface area contributed by atoms with E-state index in [2.05, 4.69) is 10.6 Å². The number of urea groups is 1. The van der Waals surface area contributed by atoms with E-state index < -0.39 is 23.4 Å². The van der Waals surface area contributed by atoms with E-state index in [0.717, 1.165) is 24.2 Å². The average Bonchev–Trinajstić information content (AvgIpc) is 3.20. The Kier molecular flexibility index (Phi) is 5.00. The molecule has 0 saturated carbocycles. The van der Waals surface area contributed by atoms with Crippen molar-refractivity contribution in [2.24, 2.45) is 0 Å². The van der Waals surface area contributed by atoms with Gasteiger partial charge in [-0.05, 0) is 61.6 Å². The molecular weight excluding hydrogens is 413 g/mol. The molecule has 2 aromatic carbocycles. The van der Waals surface area contributed by atoms with Crippen molar-refractivity contribution < 1.29 is 14.4 Å². The third-order valence-electron chi connectivity index (χ3n) is 5.43. The van der Waals surface area contributed by atoms with Gasteiger partial charge in [0.25, 0.3) is 5.91 Å². The molecular formula is C21H19Cl2N3O3. The molecule has 150 valence electrons. The van der Waals surface area contributed by atoms with Gasteiger partial charge in [0.15, 0.2) is 0 Å². The number of amides is 4. The van der Waals surface area contributed by atoms with Crippen molar-refractivity contribution in [3.8, 4) is 0 Å². The number of aryl methyl sites for hydroxylation is 2. The van der Waals surface area contributed by atoms with E-state index in [1.165, 1.54) is 17.2 Å². The molecule has 4 amide bonds. The molecule has 1 atom stereocenters. The van der Waals surface area contributed by atoms with Crippen LogP contribution < -0.4 is 10.6 Å². The first-order valence-electron chi connectivity index (χ1n) is 9.29. The second-order valence-corrected chi connectivity index (χ2v) is 8.30. The summed E-state index contributed by atoms with van der Waals surface area (Å²) < 4.78 is 0. The van der Waals surface area contributed by atoms with E-state index in [-0.39, 0.29) is 11.6 Å². The third kappa shape index (κ3) is 3.58. The molecule has 8 heteroatoms. The Morgan fingerprint density at radius 3 is 2.66 bits per heavy atom. The Labute approximate surface area is 178 Å². The van der Waals surface area contributed by atoms with Crippen molar-refractivity contribution in [1.29, 1.82) is 0 Å². The van der Waals surface area contributed by atoms with Crippen LogP contribution in [0.3, 0.4) is 0 Å². The molecule has 0 aromatic heterocycles. The summed E-state index contributed by atoms with van der Waals surface area (Å²) in [5.41, 5.74) is 2.23. The van der Waals surface area contributed by atoms with Crippen molar-refractivity contribution >= 4 is 46.7 Å². The number of nitrogens with one attached hydrogen (secondary N) is 2. The quantitative estimate of drug-likeness (QED) is 0.720. The number of imide groups is 1. The molecule has 29 heavy (non-hydrogen) atoms. The summed E-state index contributed by atoms with van der Waals surface area (Å²) in [5.74, 6) is -0.992. The molecule has 2 aromatic rings. The number of hydrogen-bond donors (Lipinski definition) is 2. The highest BCUT2D eigenvalue weighted by Gasteiger charge is 2.50. The normalized spacial score (nSPS) is 20.6. The van der Waals surface area contributed by atoms with Crippen LogP contribution in [0.5, 0.6) is 0 Å². The molecule has 1 saturated heterocycles. The van der Waals surface area contributed by atoms with Crippen molar-refractivity contribution in [2.75, 3.05) is 11.9 Å². The zero-order valence-electron chi connectivity index (χ0n) is 15.7. The van der Waals surface area contributed by atoms with Crippen molar-refractivity contribution in [3.63, 3.8) is 0 Å². The number of benzene rings is 2. The fourth-order valence-electron chi connectivity index (χ4n) is 3.91. The van der Waals surface area contributed by atoms with Crippen LogP contribution >= 0.6 is 23.2 Å². The van der Waals surface area contributed by atoms with Crippen LogP contribution in [-0.2, 0) is 28.0 Å². The minimum atomic E-state index is -1.37. The molecule has 1 heterocycles. The predicted molar refractivity (Wildman–Crippen MR) is 111 cm³/mol. The van der Waals surface area contributed by atoms with Gasteiger partial charge >= 0.3 is 6.03 Å². The molecule has 2 aliphatic rings. The molecule has 1 aliphatic carbocycles. The highest BCUT2D eigenvalue weighted by atomic mass is 35.5. The third-order valence-corrected chi connectivity index (χ3v) is 5.98. The van der Waals surface area contributed by atoms with E-state index in [1.54, 1.807) is 19.1 Å². The summed E-state index contributed by atoms with van der Waals surface area (Å²) in [4.78, 5) is 38.8. The molecule has 0 bridgehead atoms. The summed E-state index contributed by atoms with van der Waals surface area (Å²) in [6, 6.07) is 9.84. The van der Waals surface area contributed by atoms with E-state index in [0.29, 0.717) is 16.3 Å². The van der Waals surface area contributed by atoms with Crippen LogP contribution in [0.15, 0.2) is 36.4 Å². The second-order valence-electron chi connectivity index (χ2n) is 7.46. The number of carbonyl (C=O) groups excluding carboxylic acids is 3. The summed E-state index contributed by atoms with van der Waals surface area (Å²) in [6.45, 7) is 1.17. The first kappa shape index (κ1) is 19.7. The van der Waals surface area contributed by atoms with Gasteiger partial charge in [-0.3, -0.25) is 14.5 Å². The lowest BCUT2D eigenvalue weighted by Gasteiger charge is -2.23. The maximum Gasteiger partial charge on any atom is 0.325 e. The van der Waals surface area contributed by atoms with E-state index in [9.17, 15) is 14.4 Å². The zero-order chi connectivity index (χ0) is 20.8. The van der Waals surface area contributed by atoms with Gasteiger partial charge in [-0.25, -0.2) is 4.79 Å². The van der Waals surface area contributed by atoms with Crippen molar-refractivity contribution in [1.82, 2.24) is 10.2 Å². The van der Waals surface area contributed by atoms with Gasteiger partial charge in [-0.1, -0.05) is 35.3 Å². The number of fused-ring (bicyclic) bond motifs is 1. The number of rotatable bonds is 4. The van der Waals surface area contributed by atoms with Crippen LogP contribution in [-0.4, -0.2) is 29.3 Å². The minimum absolute atomic E-state index is 0.262. The Balaban J connectivity index is 1.49. The Morgan fingerprint density at radius 1 is 1.14 bits per heavy atom. The lowest BCUT2D eigenvalue weighted by molar-refractivity contribution is -0.133. The number of carbonyl (C=O) groups is 3. The summed E-state index contributed by atoms with van der Waals surface area (Å²) in [5, 5.41) is 6.09. The van der Waals surface area contributed by atoms with Crippen LogP contribution in [0, 0.1) is 0 Å². The first-order chi connectivity index (χ1) is 13.8. The molecule has 0 spiro atoms. The fraction of sp³-hybridized carbons (Fsp3) is 0.286. The topological polar surface area (TPSA) is 78.5 Å². The maximum absolute atomic E-state index is 13.0. The minimum Gasteiger partial charge on any atom is -0.325 e. The highest BCUT2D eigenvalue weighted by Crippen LogP contribution is 2.35. The van der Waals surface area contributed by atoms with Crippen LogP contribution in [0.25, 0.3) is 0 Å². The van der Waals surface area contributed by atoms with E-state index in [4.69, 9.17) is 23.2 Å². The largest absolute Gasteiger partial charge is 0.325 e. The molecule has 1 aliphatic heterocycles. The monoisotopic (exact) mass is 431 g/mol. The van der Waals surface area contributed by atoms with E-state index >= 15 is 0 Å². The number of nitrogens with zero attached hydrogens (tertiary/aromatic N) is 1. The highest BCUT2D eigenvalue weighted by molar-refractivity contribution is 6.35. The molecule has 4 rings (SSSR count). The van der Waals surface area contributed by atoms with Gasteiger partial charge in [-0.15, -0.1) is 0 Å². The number of halogens is 2. The molecule has 2 N–H and O–H groups in total. The number of anilines is 1.